The molecule has 0 atom stereocenters. The van der Waals surface area contributed by atoms with E-state index in [-0.39, 0.29) is 0 Å². The average Bonchev–Trinajstić information content (AvgIpc) is 2.98. The van der Waals surface area contributed by atoms with E-state index >= 15 is 0 Å². The molecule has 1 aliphatic heterocycles. The van der Waals surface area contributed by atoms with E-state index < -0.39 is 5.60 Å². The van der Waals surface area contributed by atoms with Crippen LogP contribution in [0.15, 0.2) is 29.8 Å². The highest BCUT2D eigenvalue weighted by Crippen LogP contribution is 2.26. The second kappa shape index (κ2) is 6.87. The molecule has 1 saturated heterocycles. The molecular formula is C15H19N3OS2. The van der Waals surface area contributed by atoms with Gasteiger partial charge in [-0.1, -0.05) is 6.07 Å². The van der Waals surface area contributed by atoms with Crippen LogP contribution in [0.2, 0.25) is 0 Å². The fourth-order valence-electron chi connectivity index (χ4n) is 2.35. The third-order valence-electron chi connectivity index (χ3n) is 3.62. The van der Waals surface area contributed by atoms with Gasteiger partial charge in [0, 0.05) is 24.7 Å². The van der Waals surface area contributed by atoms with Crippen molar-refractivity contribution in [3.63, 3.8) is 0 Å². The molecule has 0 spiro atoms. The van der Waals surface area contributed by atoms with E-state index in [9.17, 15) is 5.11 Å². The standard InChI is InChI=1S/C15H19N3OS2/c19-15(4-7-20-8-5-15)11-16-9-12-10-21-14(18-12)13-3-1-2-6-17-13/h1-3,6,10,16,19H,4-5,7-9,11H2. The van der Waals surface area contributed by atoms with E-state index in [2.05, 4.69) is 20.7 Å². The van der Waals surface area contributed by atoms with Crippen molar-refractivity contribution in [1.82, 2.24) is 15.3 Å². The van der Waals surface area contributed by atoms with Gasteiger partial charge >= 0.3 is 0 Å². The Balaban J connectivity index is 1.53. The molecule has 3 heterocycles. The molecule has 2 aromatic heterocycles. The Morgan fingerprint density at radius 1 is 1.29 bits per heavy atom. The van der Waals surface area contributed by atoms with Crippen LogP contribution in [0.25, 0.3) is 10.7 Å². The first-order valence-corrected chi connectivity index (χ1v) is 9.15. The maximum Gasteiger partial charge on any atom is 0.142 e. The number of aromatic nitrogens is 2. The van der Waals surface area contributed by atoms with E-state index in [1.54, 1.807) is 17.5 Å². The second-order valence-corrected chi connectivity index (χ2v) is 7.38. The normalized spacial score (nSPS) is 17.8. The molecule has 112 valence electrons. The number of pyridine rings is 1. The Labute approximate surface area is 133 Å². The fourth-order valence-corrected chi connectivity index (χ4v) is 4.39. The molecule has 3 rings (SSSR count). The summed E-state index contributed by atoms with van der Waals surface area (Å²) in [4.78, 5) is 8.91. The highest BCUT2D eigenvalue weighted by Gasteiger charge is 2.28. The number of hydrogen-bond donors (Lipinski definition) is 2. The molecule has 0 amide bonds. The lowest BCUT2D eigenvalue weighted by Gasteiger charge is -2.31. The van der Waals surface area contributed by atoms with Gasteiger partial charge in [-0.2, -0.15) is 11.8 Å². The van der Waals surface area contributed by atoms with Crippen molar-refractivity contribution in [2.24, 2.45) is 0 Å². The molecule has 1 fully saturated rings. The van der Waals surface area contributed by atoms with Gasteiger partial charge in [-0.05, 0) is 36.5 Å². The Bertz CT molecular complexity index is 567. The van der Waals surface area contributed by atoms with E-state index in [4.69, 9.17) is 0 Å². The number of thiazole rings is 1. The molecule has 0 bridgehead atoms. The number of hydrogen-bond acceptors (Lipinski definition) is 6. The lowest BCUT2D eigenvalue weighted by molar-refractivity contribution is 0.0319. The number of thioether (sulfide) groups is 1. The first-order chi connectivity index (χ1) is 10.3. The minimum atomic E-state index is -0.537. The Morgan fingerprint density at radius 3 is 2.90 bits per heavy atom. The number of rotatable bonds is 5. The van der Waals surface area contributed by atoms with Gasteiger partial charge in [-0.25, -0.2) is 4.98 Å². The number of nitrogens with zero attached hydrogens (tertiary/aromatic N) is 2. The van der Waals surface area contributed by atoms with Crippen molar-refractivity contribution in [2.75, 3.05) is 18.1 Å². The third-order valence-corrected chi connectivity index (χ3v) is 5.52. The van der Waals surface area contributed by atoms with Crippen molar-refractivity contribution in [3.8, 4) is 10.7 Å². The van der Waals surface area contributed by atoms with Gasteiger partial charge in [0.15, 0.2) is 0 Å². The van der Waals surface area contributed by atoms with E-state index in [1.165, 1.54) is 0 Å². The summed E-state index contributed by atoms with van der Waals surface area (Å²) >= 11 is 3.53. The summed E-state index contributed by atoms with van der Waals surface area (Å²) < 4.78 is 0. The van der Waals surface area contributed by atoms with Gasteiger partial charge in [0.05, 0.1) is 17.0 Å². The summed E-state index contributed by atoms with van der Waals surface area (Å²) in [6, 6.07) is 5.85. The van der Waals surface area contributed by atoms with E-state index in [1.807, 2.05) is 30.0 Å². The van der Waals surface area contributed by atoms with Crippen LogP contribution in [-0.4, -0.2) is 38.7 Å². The summed E-state index contributed by atoms with van der Waals surface area (Å²) in [7, 11) is 0. The first-order valence-electron chi connectivity index (χ1n) is 7.12. The molecule has 0 radical (unpaired) electrons. The van der Waals surface area contributed by atoms with Gasteiger partial charge in [0.25, 0.3) is 0 Å². The minimum Gasteiger partial charge on any atom is -0.389 e. The molecule has 0 aromatic carbocycles. The molecule has 2 aromatic rings. The first kappa shape index (κ1) is 15.0. The third kappa shape index (κ3) is 4.03. The van der Waals surface area contributed by atoms with Crippen molar-refractivity contribution in [1.29, 1.82) is 0 Å². The van der Waals surface area contributed by atoms with Crippen LogP contribution in [-0.2, 0) is 6.54 Å². The predicted molar refractivity (Wildman–Crippen MR) is 88.6 cm³/mol. The topological polar surface area (TPSA) is 58.0 Å². The molecule has 4 nitrogen and oxygen atoms in total. The summed E-state index contributed by atoms with van der Waals surface area (Å²) in [5, 5.41) is 16.8. The molecule has 0 saturated carbocycles. The highest BCUT2D eigenvalue weighted by molar-refractivity contribution is 7.99. The quantitative estimate of drug-likeness (QED) is 0.886. The molecule has 6 heteroatoms. The molecule has 0 aliphatic carbocycles. The molecule has 2 N–H and O–H groups in total. The summed E-state index contributed by atoms with van der Waals surface area (Å²) in [5.41, 5.74) is 1.39. The fraction of sp³-hybridized carbons (Fsp3) is 0.467. The predicted octanol–water partition coefficient (Wildman–Crippen LogP) is 2.55. The summed E-state index contributed by atoms with van der Waals surface area (Å²) in [6.07, 6.45) is 3.53. The van der Waals surface area contributed by atoms with E-state index in [0.29, 0.717) is 13.1 Å². The largest absolute Gasteiger partial charge is 0.389 e. The Hall–Kier alpha value is -0.950. The minimum absolute atomic E-state index is 0.537. The van der Waals surface area contributed by atoms with Crippen LogP contribution < -0.4 is 5.32 Å². The van der Waals surface area contributed by atoms with Crippen molar-refractivity contribution >= 4 is 23.1 Å². The van der Waals surface area contributed by atoms with Crippen molar-refractivity contribution in [2.45, 2.75) is 25.0 Å². The van der Waals surface area contributed by atoms with Crippen molar-refractivity contribution in [3.05, 3.63) is 35.5 Å². The maximum absolute atomic E-state index is 10.4. The average molecular weight is 321 g/mol. The molecule has 21 heavy (non-hydrogen) atoms. The zero-order valence-electron chi connectivity index (χ0n) is 11.8. The molecular weight excluding hydrogens is 302 g/mol. The summed E-state index contributed by atoms with van der Waals surface area (Å²) in [5.74, 6) is 2.11. The van der Waals surface area contributed by atoms with Gasteiger partial charge in [-0.3, -0.25) is 4.98 Å². The second-order valence-electron chi connectivity index (χ2n) is 5.30. The molecule has 1 aliphatic rings. The highest BCUT2D eigenvalue weighted by atomic mass is 32.2. The van der Waals surface area contributed by atoms with Crippen LogP contribution in [0.1, 0.15) is 18.5 Å². The Kier molecular flexibility index (Phi) is 4.90. The zero-order valence-corrected chi connectivity index (χ0v) is 13.4. The van der Waals surface area contributed by atoms with E-state index in [0.717, 1.165) is 40.7 Å². The number of nitrogens with one attached hydrogen (secondary N) is 1. The van der Waals surface area contributed by atoms with Gasteiger partial charge in [0.1, 0.15) is 5.01 Å². The van der Waals surface area contributed by atoms with Crippen molar-refractivity contribution < 1.29 is 5.11 Å². The van der Waals surface area contributed by atoms with Gasteiger partial charge < -0.3 is 10.4 Å². The van der Waals surface area contributed by atoms with Crippen LogP contribution in [0, 0.1) is 0 Å². The van der Waals surface area contributed by atoms with Crippen LogP contribution in [0.4, 0.5) is 0 Å². The lowest BCUT2D eigenvalue weighted by atomic mass is 9.97. The lowest BCUT2D eigenvalue weighted by Crippen LogP contribution is -2.43. The van der Waals surface area contributed by atoms with Gasteiger partial charge in [0.2, 0.25) is 0 Å². The van der Waals surface area contributed by atoms with Gasteiger partial charge in [-0.15, -0.1) is 11.3 Å². The SMILES string of the molecule is OC1(CNCc2csc(-c3ccccn3)n2)CCSCC1. The van der Waals surface area contributed by atoms with Crippen LogP contribution >= 0.6 is 23.1 Å². The zero-order chi connectivity index (χ0) is 14.5. The monoisotopic (exact) mass is 321 g/mol. The summed E-state index contributed by atoms with van der Waals surface area (Å²) in [6.45, 7) is 1.34. The molecule has 0 unspecified atom stereocenters. The maximum atomic E-state index is 10.4. The number of aliphatic hydroxyl groups is 1. The van der Waals surface area contributed by atoms with Crippen LogP contribution in [0.5, 0.6) is 0 Å². The smallest absolute Gasteiger partial charge is 0.142 e. The van der Waals surface area contributed by atoms with Crippen LogP contribution in [0.3, 0.4) is 0 Å². The Morgan fingerprint density at radius 2 is 2.14 bits per heavy atom.